The average molecular weight is 359 g/mol. The number of carbonyl (C=O) groups excluding carboxylic acids is 1. The Hall–Kier alpha value is -2.41. The molecule has 1 amide bonds. The van der Waals surface area contributed by atoms with Crippen molar-refractivity contribution in [2.75, 3.05) is 4.72 Å². The van der Waals surface area contributed by atoms with Crippen molar-refractivity contribution in [3.05, 3.63) is 53.9 Å². The Labute approximate surface area is 147 Å². The molecule has 3 N–H and O–H groups in total. The van der Waals surface area contributed by atoms with Crippen LogP contribution in [0.2, 0.25) is 0 Å². The number of carbonyl (C=O) groups is 1. The molecule has 0 aliphatic heterocycles. The lowest BCUT2D eigenvalue weighted by atomic mass is 9.83. The molecule has 0 radical (unpaired) electrons. The number of nitrogens with zero attached hydrogens (tertiary/aromatic N) is 1. The van der Waals surface area contributed by atoms with Crippen molar-refractivity contribution < 1.29 is 13.2 Å². The number of anilines is 1. The molecule has 3 rings (SSSR count). The summed E-state index contributed by atoms with van der Waals surface area (Å²) in [5, 5.41) is 0. The normalized spacial score (nSPS) is 15.7. The van der Waals surface area contributed by atoms with Crippen molar-refractivity contribution in [2.45, 2.75) is 42.9 Å². The molecule has 2 aromatic rings. The Bertz CT molecular complexity index is 860. The summed E-state index contributed by atoms with van der Waals surface area (Å²) in [5.41, 5.74) is 6.50. The maximum atomic E-state index is 13.0. The molecule has 0 unspecified atom stereocenters. The number of benzene rings is 1. The summed E-state index contributed by atoms with van der Waals surface area (Å²) in [4.78, 5) is 15.8. The van der Waals surface area contributed by atoms with E-state index in [1.807, 2.05) is 0 Å². The lowest BCUT2D eigenvalue weighted by Gasteiger charge is -2.25. The fourth-order valence-corrected chi connectivity index (χ4v) is 4.95. The van der Waals surface area contributed by atoms with Gasteiger partial charge in [0.05, 0.1) is 17.4 Å². The highest BCUT2D eigenvalue weighted by Crippen LogP contribution is 2.37. The molecule has 25 heavy (non-hydrogen) atoms. The van der Waals surface area contributed by atoms with Gasteiger partial charge in [-0.05, 0) is 42.5 Å². The Morgan fingerprint density at radius 2 is 1.88 bits per heavy atom. The first-order valence-electron chi connectivity index (χ1n) is 8.34. The summed E-state index contributed by atoms with van der Waals surface area (Å²) < 4.78 is 28.6. The van der Waals surface area contributed by atoms with Crippen molar-refractivity contribution in [3.63, 3.8) is 0 Å². The van der Waals surface area contributed by atoms with E-state index < -0.39 is 15.9 Å². The number of primary amides is 1. The average Bonchev–Trinajstić information content (AvgIpc) is 2.62. The molecule has 0 saturated heterocycles. The van der Waals surface area contributed by atoms with Crippen LogP contribution in [0.5, 0.6) is 0 Å². The quantitative estimate of drug-likeness (QED) is 0.856. The first kappa shape index (κ1) is 17.4. The minimum Gasteiger partial charge on any atom is -0.366 e. The van der Waals surface area contributed by atoms with E-state index in [1.54, 1.807) is 30.5 Å². The molecule has 1 aliphatic rings. The highest BCUT2D eigenvalue weighted by Gasteiger charge is 2.29. The monoisotopic (exact) mass is 359 g/mol. The summed E-state index contributed by atoms with van der Waals surface area (Å²) in [5.74, 6) is -0.627. The lowest BCUT2D eigenvalue weighted by molar-refractivity contribution is 0.0997. The van der Waals surface area contributed by atoms with Gasteiger partial charge in [-0.25, -0.2) is 8.42 Å². The predicted molar refractivity (Wildman–Crippen MR) is 95.8 cm³/mol. The lowest BCUT2D eigenvalue weighted by Crippen LogP contribution is -2.23. The number of nitrogens with two attached hydrogens (primary N) is 1. The molecule has 132 valence electrons. The second-order valence-corrected chi connectivity index (χ2v) is 7.89. The van der Waals surface area contributed by atoms with Gasteiger partial charge >= 0.3 is 0 Å². The van der Waals surface area contributed by atoms with Gasteiger partial charge in [-0.1, -0.05) is 31.4 Å². The van der Waals surface area contributed by atoms with Crippen molar-refractivity contribution in [1.29, 1.82) is 0 Å². The Balaban J connectivity index is 2.10. The highest BCUT2D eigenvalue weighted by atomic mass is 32.2. The summed E-state index contributed by atoms with van der Waals surface area (Å²) in [6.45, 7) is 0. The molecule has 1 heterocycles. The van der Waals surface area contributed by atoms with Gasteiger partial charge in [-0.3, -0.25) is 14.5 Å². The van der Waals surface area contributed by atoms with Gasteiger partial charge in [-0.15, -0.1) is 0 Å². The van der Waals surface area contributed by atoms with Gasteiger partial charge in [0, 0.05) is 6.20 Å². The van der Waals surface area contributed by atoms with Gasteiger partial charge in [-0.2, -0.15) is 0 Å². The predicted octanol–water partition coefficient (Wildman–Crippen LogP) is 3.03. The van der Waals surface area contributed by atoms with Crippen molar-refractivity contribution in [1.82, 2.24) is 4.98 Å². The number of hydrogen-bond donors (Lipinski definition) is 2. The summed E-state index contributed by atoms with van der Waals surface area (Å²) in [7, 11) is -3.96. The summed E-state index contributed by atoms with van der Waals surface area (Å²) in [6, 6.07) is 8.21. The molecule has 7 heteroatoms. The number of nitrogens with one attached hydrogen (secondary N) is 1. The third kappa shape index (κ3) is 3.82. The van der Waals surface area contributed by atoms with Crippen LogP contribution in [-0.2, 0) is 10.0 Å². The number of amides is 1. The van der Waals surface area contributed by atoms with Gasteiger partial charge in [0.15, 0.2) is 0 Å². The standard InChI is InChI=1S/C18H21N3O3S/c19-18(22)16-10-4-9-15(13-6-2-1-3-7-13)17(16)25(23,24)21-14-8-5-11-20-12-14/h4-5,8-13,21H,1-3,6-7H2,(H2,19,22). The fourth-order valence-electron chi connectivity index (χ4n) is 3.41. The zero-order chi connectivity index (χ0) is 17.9. The largest absolute Gasteiger partial charge is 0.366 e. The SMILES string of the molecule is NC(=O)c1cccc(C2CCCCC2)c1S(=O)(=O)Nc1cccnc1. The van der Waals surface area contributed by atoms with E-state index in [0.29, 0.717) is 11.3 Å². The van der Waals surface area contributed by atoms with Crippen molar-refractivity contribution >= 4 is 21.6 Å². The third-order valence-corrected chi connectivity index (χ3v) is 6.04. The molecule has 0 bridgehead atoms. The van der Waals surface area contributed by atoms with Crippen LogP contribution in [-0.4, -0.2) is 19.3 Å². The van der Waals surface area contributed by atoms with Gasteiger partial charge in [0.2, 0.25) is 5.91 Å². The second-order valence-electron chi connectivity index (χ2n) is 6.27. The molecule has 1 aromatic heterocycles. The topological polar surface area (TPSA) is 102 Å². The highest BCUT2D eigenvalue weighted by molar-refractivity contribution is 7.92. The van der Waals surface area contributed by atoms with Crippen LogP contribution in [0.3, 0.4) is 0 Å². The first-order chi connectivity index (χ1) is 12.0. The van der Waals surface area contributed by atoms with Crippen LogP contribution in [0.15, 0.2) is 47.6 Å². The Kier molecular flexibility index (Phi) is 5.03. The van der Waals surface area contributed by atoms with Crippen LogP contribution in [0.4, 0.5) is 5.69 Å². The second kappa shape index (κ2) is 7.23. The van der Waals surface area contributed by atoms with E-state index in [2.05, 4.69) is 9.71 Å². The van der Waals surface area contributed by atoms with Crippen LogP contribution in [0.25, 0.3) is 0 Å². The van der Waals surface area contributed by atoms with Gasteiger partial charge in [0.1, 0.15) is 4.90 Å². The minimum atomic E-state index is -3.96. The number of rotatable bonds is 5. The third-order valence-electron chi connectivity index (χ3n) is 4.54. The van der Waals surface area contributed by atoms with Crippen LogP contribution >= 0.6 is 0 Å². The molecule has 1 fully saturated rings. The molecule has 0 atom stereocenters. The van der Waals surface area contributed by atoms with Crippen LogP contribution < -0.4 is 10.5 Å². The molecule has 0 spiro atoms. The Morgan fingerprint density at radius 3 is 2.52 bits per heavy atom. The molecule has 1 saturated carbocycles. The molecule has 1 aromatic carbocycles. The number of aromatic nitrogens is 1. The summed E-state index contributed by atoms with van der Waals surface area (Å²) >= 11 is 0. The van der Waals surface area contributed by atoms with E-state index >= 15 is 0 Å². The Morgan fingerprint density at radius 1 is 1.12 bits per heavy atom. The minimum absolute atomic E-state index is 0.00162. The van der Waals surface area contributed by atoms with E-state index in [9.17, 15) is 13.2 Å². The van der Waals surface area contributed by atoms with E-state index in [-0.39, 0.29) is 16.4 Å². The smallest absolute Gasteiger partial charge is 0.263 e. The summed E-state index contributed by atoms with van der Waals surface area (Å²) in [6.07, 6.45) is 8.08. The number of hydrogen-bond acceptors (Lipinski definition) is 4. The van der Waals surface area contributed by atoms with Gasteiger partial charge in [0.25, 0.3) is 10.0 Å². The molecular formula is C18H21N3O3S. The molecule has 1 aliphatic carbocycles. The van der Waals surface area contributed by atoms with E-state index in [1.165, 1.54) is 12.3 Å². The van der Waals surface area contributed by atoms with Gasteiger partial charge < -0.3 is 5.73 Å². The van der Waals surface area contributed by atoms with Crippen molar-refractivity contribution in [2.24, 2.45) is 5.73 Å². The molecular weight excluding hydrogens is 338 g/mol. The zero-order valence-corrected chi connectivity index (χ0v) is 14.6. The molecule has 6 nitrogen and oxygen atoms in total. The van der Waals surface area contributed by atoms with Crippen LogP contribution in [0.1, 0.15) is 53.9 Å². The number of pyridine rings is 1. The van der Waals surface area contributed by atoms with Crippen LogP contribution in [0, 0.1) is 0 Å². The van der Waals surface area contributed by atoms with Crippen molar-refractivity contribution in [3.8, 4) is 0 Å². The van der Waals surface area contributed by atoms with E-state index in [0.717, 1.165) is 32.1 Å². The first-order valence-corrected chi connectivity index (χ1v) is 9.83. The maximum absolute atomic E-state index is 13.0. The fraction of sp³-hybridized carbons (Fsp3) is 0.333. The van der Waals surface area contributed by atoms with E-state index in [4.69, 9.17) is 5.73 Å². The number of sulfonamides is 1. The zero-order valence-electron chi connectivity index (χ0n) is 13.8. The maximum Gasteiger partial charge on any atom is 0.263 e.